The first-order valence-corrected chi connectivity index (χ1v) is 6.83. The van der Waals surface area contributed by atoms with Crippen LogP contribution in [0.5, 0.6) is 0 Å². The van der Waals surface area contributed by atoms with Crippen LogP contribution in [-0.2, 0) is 0 Å². The number of hydrazine groups is 1. The van der Waals surface area contributed by atoms with E-state index in [1.807, 2.05) is 0 Å². The molecule has 1 fully saturated rings. The Hall–Kier alpha value is -1.33. The molecule has 1 aliphatic carbocycles. The maximum Gasteiger partial charge on any atom is 0.253 e. The minimum Gasteiger partial charge on any atom is -0.349 e. The van der Waals surface area contributed by atoms with Gasteiger partial charge in [-0.3, -0.25) is 4.79 Å². The molecule has 3 atom stereocenters. The number of pyridine rings is 1. The summed E-state index contributed by atoms with van der Waals surface area (Å²) >= 11 is 5.96. The summed E-state index contributed by atoms with van der Waals surface area (Å²) in [4.78, 5) is 16.1. The van der Waals surface area contributed by atoms with Crippen molar-refractivity contribution in [2.45, 2.75) is 32.7 Å². The second kappa shape index (κ2) is 5.75. The second-order valence-corrected chi connectivity index (χ2v) is 5.60. The van der Waals surface area contributed by atoms with Crippen molar-refractivity contribution in [3.8, 4) is 0 Å². The maximum absolute atomic E-state index is 12.1. The summed E-state index contributed by atoms with van der Waals surface area (Å²) in [7, 11) is 0. The molecule has 0 bridgehead atoms. The zero-order chi connectivity index (χ0) is 14.0. The summed E-state index contributed by atoms with van der Waals surface area (Å²) in [6, 6.07) is 1.80. The molecule has 19 heavy (non-hydrogen) atoms. The lowest BCUT2D eigenvalue weighted by atomic mass is 9.97. The topological polar surface area (TPSA) is 80.0 Å². The van der Waals surface area contributed by atoms with Crippen LogP contribution < -0.4 is 16.6 Å². The van der Waals surface area contributed by atoms with E-state index in [0.717, 1.165) is 12.8 Å². The van der Waals surface area contributed by atoms with E-state index >= 15 is 0 Å². The molecule has 1 saturated carbocycles. The average molecular weight is 283 g/mol. The average Bonchev–Trinajstić information content (AvgIpc) is 2.70. The van der Waals surface area contributed by atoms with Crippen LogP contribution in [-0.4, -0.2) is 16.9 Å². The van der Waals surface area contributed by atoms with E-state index < -0.39 is 0 Å². The van der Waals surface area contributed by atoms with Gasteiger partial charge in [0.1, 0.15) is 0 Å². The van der Waals surface area contributed by atoms with Crippen LogP contribution in [0.2, 0.25) is 5.02 Å². The molecule has 1 aromatic rings. The largest absolute Gasteiger partial charge is 0.349 e. The SMILES string of the molecule is CC1CCC(NC(=O)c2cnc(NN)c(Cl)c2)C1C. The van der Waals surface area contributed by atoms with E-state index in [2.05, 4.69) is 29.6 Å². The van der Waals surface area contributed by atoms with Crippen LogP contribution in [0.1, 0.15) is 37.0 Å². The first kappa shape index (κ1) is 14.1. The molecule has 0 radical (unpaired) electrons. The number of hydrogen-bond donors (Lipinski definition) is 3. The molecular formula is C13H19ClN4O. The number of anilines is 1. The van der Waals surface area contributed by atoms with Crippen molar-refractivity contribution in [1.82, 2.24) is 10.3 Å². The molecule has 1 amide bonds. The second-order valence-electron chi connectivity index (χ2n) is 5.19. The number of amides is 1. The molecule has 1 aromatic heterocycles. The number of aromatic nitrogens is 1. The Balaban J connectivity index is 2.06. The molecule has 4 N–H and O–H groups in total. The minimum absolute atomic E-state index is 0.135. The molecule has 5 nitrogen and oxygen atoms in total. The summed E-state index contributed by atoms with van der Waals surface area (Å²) in [5, 5.41) is 3.39. The third-order valence-electron chi connectivity index (χ3n) is 4.02. The van der Waals surface area contributed by atoms with Crippen molar-refractivity contribution >= 4 is 23.3 Å². The lowest BCUT2D eigenvalue weighted by Gasteiger charge is -2.19. The molecule has 6 heteroatoms. The molecule has 0 saturated heterocycles. The van der Waals surface area contributed by atoms with E-state index in [1.54, 1.807) is 6.07 Å². The van der Waals surface area contributed by atoms with E-state index in [-0.39, 0.29) is 11.9 Å². The van der Waals surface area contributed by atoms with Gasteiger partial charge < -0.3 is 10.7 Å². The molecular weight excluding hydrogens is 264 g/mol. The predicted molar refractivity (Wildman–Crippen MR) is 75.9 cm³/mol. The Labute approximate surface area is 117 Å². The van der Waals surface area contributed by atoms with Crippen molar-refractivity contribution < 1.29 is 4.79 Å². The Kier molecular flexibility index (Phi) is 4.27. The van der Waals surface area contributed by atoms with Crippen molar-refractivity contribution in [1.29, 1.82) is 0 Å². The number of nitrogens with zero attached hydrogens (tertiary/aromatic N) is 1. The third-order valence-corrected chi connectivity index (χ3v) is 4.31. The number of nitrogens with two attached hydrogens (primary N) is 1. The van der Waals surface area contributed by atoms with Crippen molar-refractivity contribution in [3.05, 3.63) is 22.8 Å². The van der Waals surface area contributed by atoms with Crippen LogP contribution in [0.3, 0.4) is 0 Å². The van der Waals surface area contributed by atoms with Gasteiger partial charge in [-0.2, -0.15) is 0 Å². The van der Waals surface area contributed by atoms with Crippen LogP contribution >= 0.6 is 11.6 Å². The van der Waals surface area contributed by atoms with Gasteiger partial charge in [0.15, 0.2) is 5.82 Å². The Morgan fingerprint density at radius 3 is 2.74 bits per heavy atom. The highest BCUT2D eigenvalue weighted by Crippen LogP contribution is 2.31. The standard InChI is InChI=1S/C13H19ClN4O/c1-7-3-4-11(8(7)2)17-13(19)9-5-10(14)12(18-15)16-6-9/h5-8,11H,3-4,15H2,1-2H3,(H,16,18)(H,17,19). The van der Waals surface area contributed by atoms with Gasteiger partial charge >= 0.3 is 0 Å². The third kappa shape index (κ3) is 2.98. The van der Waals surface area contributed by atoms with Gasteiger partial charge in [0.2, 0.25) is 0 Å². The highest BCUT2D eigenvalue weighted by molar-refractivity contribution is 6.33. The van der Waals surface area contributed by atoms with E-state index in [4.69, 9.17) is 17.4 Å². The van der Waals surface area contributed by atoms with E-state index in [9.17, 15) is 4.79 Å². The summed E-state index contributed by atoms with van der Waals surface area (Å²) in [5.41, 5.74) is 2.83. The minimum atomic E-state index is -0.135. The monoisotopic (exact) mass is 282 g/mol. The number of carbonyl (C=O) groups excluding carboxylic acids is 1. The molecule has 1 aliphatic rings. The van der Waals surface area contributed by atoms with Gasteiger partial charge in [-0.05, 0) is 30.7 Å². The van der Waals surface area contributed by atoms with Crippen LogP contribution in [0.15, 0.2) is 12.3 Å². The van der Waals surface area contributed by atoms with Crippen LogP contribution in [0, 0.1) is 11.8 Å². The van der Waals surface area contributed by atoms with Crippen molar-refractivity contribution in [2.75, 3.05) is 5.43 Å². The zero-order valence-electron chi connectivity index (χ0n) is 11.1. The van der Waals surface area contributed by atoms with Crippen molar-refractivity contribution in [2.24, 2.45) is 17.7 Å². The van der Waals surface area contributed by atoms with E-state index in [0.29, 0.717) is 28.2 Å². The molecule has 3 unspecified atom stereocenters. The summed E-state index contributed by atoms with van der Waals surface area (Å²) in [6.45, 7) is 4.40. The molecule has 1 heterocycles. The number of halogens is 1. The van der Waals surface area contributed by atoms with Crippen LogP contribution in [0.4, 0.5) is 5.82 Å². The van der Waals surface area contributed by atoms with Gasteiger partial charge in [-0.25, -0.2) is 10.8 Å². The summed E-state index contributed by atoms with van der Waals surface area (Å²) in [5.74, 6) is 6.62. The Bertz CT molecular complexity index is 480. The number of nitrogens with one attached hydrogen (secondary N) is 2. The number of carbonyl (C=O) groups is 1. The highest BCUT2D eigenvalue weighted by Gasteiger charge is 2.30. The first-order chi connectivity index (χ1) is 9.02. The van der Waals surface area contributed by atoms with Gasteiger partial charge in [0.25, 0.3) is 5.91 Å². The normalized spacial score (nSPS) is 26.2. The molecule has 0 aromatic carbocycles. The molecule has 104 valence electrons. The van der Waals surface area contributed by atoms with Gasteiger partial charge in [0.05, 0.1) is 10.6 Å². The van der Waals surface area contributed by atoms with Crippen molar-refractivity contribution in [3.63, 3.8) is 0 Å². The summed E-state index contributed by atoms with van der Waals surface area (Å²) in [6.07, 6.45) is 3.65. The molecule has 0 spiro atoms. The number of hydrogen-bond acceptors (Lipinski definition) is 4. The highest BCUT2D eigenvalue weighted by atomic mass is 35.5. The smallest absolute Gasteiger partial charge is 0.253 e. The lowest BCUT2D eigenvalue weighted by molar-refractivity contribution is 0.0927. The molecule has 2 rings (SSSR count). The number of rotatable bonds is 3. The fourth-order valence-electron chi connectivity index (χ4n) is 2.49. The Morgan fingerprint density at radius 2 is 2.21 bits per heavy atom. The fourth-order valence-corrected chi connectivity index (χ4v) is 2.71. The molecule has 0 aliphatic heterocycles. The number of nitrogen functional groups attached to an aromatic ring is 1. The zero-order valence-corrected chi connectivity index (χ0v) is 11.9. The quantitative estimate of drug-likeness (QED) is 0.586. The van der Waals surface area contributed by atoms with Crippen LogP contribution in [0.25, 0.3) is 0 Å². The summed E-state index contributed by atoms with van der Waals surface area (Å²) < 4.78 is 0. The van der Waals surface area contributed by atoms with Gasteiger partial charge in [-0.15, -0.1) is 0 Å². The van der Waals surface area contributed by atoms with Gasteiger partial charge in [-0.1, -0.05) is 25.4 Å². The maximum atomic E-state index is 12.1. The Morgan fingerprint density at radius 1 is 1.47 bits per heavy atom. The van der Waals surface area contributed by atoms with Gasteiger partial charge in [0, 0.05) is 12.2 Å². The lowest BCUT2D eigenvalue weighted by Crippen LogP contribution is -2.37. The first-order valence-electron chi connectivity index (χ1n) is 6.46. The fraction of sp³-hybridized carbons (Fsp3) is 0.538. The predicted octanol–water partition coefficient (Wildman–Crippen LogP) is 2.19. The van der Waals surface area contributed by atoms with E-state index in [1.165, 1.54) is 6.20 Å².